The van der Waals surface area contributed by atoms with Crippen molar-refractivity contribution in [3.05, 3.63) is 90.2 Å². The van der Waals surface area contributed by atoms with Gasteiger partial charge in [-0.3, -0.25) is 28.8 Å². The van der Waals surface area contributed by atoms with Crippen molar-refractivity contribution in [1.29, 1.82) is 0 Å². The molecule has 6 amide bonds. The first-order valence-electron chi connectivity index (χ1n) is 21.8. The molecule has 0 spiro atoms. The van der Waals surface area contributed by atoms with Crippen LogP contribution in [0.1, 0.15) is 56.6 Å². The molecule has 1 atom stereocenters. The molecule has 6 N–H and O–H groups in total. The smallest absolute Gasteiger partial charge is 0.258 e. The van der Waals surface area contributed by atoms with Gasteiger partial charge in [0.1, 0.15) is 0 Å². The molecule has 1 fully saturated rings. The number of nitrogens with one attached hydrogen (secondary N) is 6. The van der Waals surface area contributed by atoms with Gasteiger partial charge in [0.05, 0.1) is 77.7 Å². The number of carbonyl (C=O) groups excluding carboxylic acids is 6. The summed E-state index contributed by atoms with van der Waals surface area (Å²) in [5, 5.41) is 18.1. The maximum Gasteiger partial charge on any atom is 0.258 e. The van der Waals surface area contributed by atoms with Crippen LogP contribution in [0.3, 0.4) is 0 Å². The van der Waals surface area contributed by atoms with Gasteiger partial charge >= 0.3 is 0 Å². The van der Waals surface area contributed by atoms with Crippen molar-refractivity contribution in [2.75, 3.05) is 90.5 Å². The van der Waals surface area contributed by atoms with Crippen molar-refractivity contribution in [3.8, 4) is 0 Å². The highest BCUT2D eigenvalue weighted by Gasteiger charge is 2.42. The number of carbonyl (C=O) groups is 6. The van der Waals surface area contributed by atoms with E-state index in [0.29, 0.717) is 96.5 Å². The zero-order valence-electron chi connectivity index (χ0n) is 36.5. The summed E-state index contributed by atoms with van der Waals surface area (Å²) >= 11 is 0. The second kappa shape index (κ2) is 28.3. The van der Waals surface area contributed by atoms with Crippen LogP contribution in [0.5, 0.6) is 0 Å². The van der Waals surface area contributed by atoms with E-state index in [1.54, 1.807) is 24.3 Å². The lowest BCUT2D eigenvalue weighted by Gasteiger charge is -2.24. The minimum Gasteiger partial charge on any atom is -0.379 e. The van der Waals surface area contributed by atoms with Crippen LogP contribution in [-0.2, 0) is 60.6 Å². The zero-order chi connectivity index (χ0) is 45.1. The SMILES string of the molecule is C=C(NCC(=O)NCCCC)[C@H](Cc1ccccc1)NC(=O)CNC1(CNC(=O)CCOCCOCCOCCOCCNC(=O)CCc2ccc(N3C(=O)C=CC3=O)cc2)CC1. The molecular formula is C46H65N7O10. The average Bonchev–Trinajstić information content (AvgIpc) is 3.99. The van der Waals surface area contributed by atoms with Crippen molar-refractivity contribution in [2.24, 2.45) is 0 Å². The fraction of sp³-hybridized carbons (Fsp3) is 0.522. The molecule has 1 heterocycles. The number of rotatable bonds is 34. The van der Waals surface area contributed by atoms with Crippen LogP contribution < -0.4 is 36.8 Å². The molecule has 0 bridgehead atoms. The van der Waals surface area contributed by atoms with Gasteiger partial charge in [-0.25, -0.2) is 4.90 Å². The maximum atomic E-state index is 13.1. The van der Waals surface area contributed by atoms with Crippen LogP contribution in [0.25, 0.3) is 0 Å². The third-order valence-electron chi connectivity index (χ3n) is 10.3. The van der Waals surface area contributed by atoms with Crippen LogP contribution in [0.15, 0.2) is 79.0 Å². The Labute approximate surface area is 370 Å². The van der Waals surface area contributed by atoms with Gasteiger partial charge in [-0.2, -0.15) is 0 Å². The van der Waals surface area contributed by atoms with E-state index in [0.717, 1.165) is 41.7 Å². The van der Waals surface area contributed by atoms with Crippen molar-refractivity contribution < 1.29 is 47.7 Å². The van der Waals surface area contributed by atoms with Gasteiger partial charge in [-0.15, -0.1) is 0 Å². The molecule has 0 unspecified atom stereocenters. The number of anilines is 1. The number of imide groups is 1. The second-order valence-electron chi connectivity index (χ2n) is 15.4. The fourth-order valence-corrected chi connectivity index (χ4v) is 6.33. The molecule has 0 aromatic heterocycles. The Morgan fingerprint density at radius 2 is 1.27 bits per heavy atom. The molecule has 63 heavy (non-hydrogen) atoms. The summed E-state index contributed by atoms with van der Waals surface area (Å²) in [4.78, 5) is 74.7. The largest absolute Gasteiger partial charge is 0.379 e. The average molecular weight is 876 g/mol. The maximum absolute atomic E-state index is 13.1. The predicted octanol–water partition coefficient (Wildman–Crippen LogP) is 1.61. The first-order valence-corrected chi connectivity index (χ1v) is 21.8. The molecule has 1 aliphatic heterocycles. The van der Waals surface area contributed by atoms with Crippen LogP contribution in [0.2, 0.25) is 0 Å². The number of aryl methyl sites for hydroxylation is 1. The van der Waals surface area contributed by atoms with Gasteiger partial charge in [0.25, 0.3) is 11.8 Å². The molecule has 17 heteroatoms. The molecule has 0 saturated heterocycles. The Morgan fingerprint density at radius 1 is 0.667 bits per heavy atom. The number of hydrogen-bond donors (Lipinski definition) is 6. The van der Waals surface area contributed by atoms with Gasteiger partial charge in [-0.05, 0) is 55.4 Å². The van der Waals surface area contributed by atoms with E-state index in [1.165, 1.54) is 12.2 Å². The topological polar surface area (TPSA) is 215 Å². The summed E-state index contributed by atoms with van der Waals surface area (Å²) in [6.45, 7) is 10.6. The molecule has 17 nitrogen and oxygen atoms in total. The van der Waals surface area contributed by atoms with Gasteiger partial charge in [0, 0.05) is 55.9 Å². The van der Waals surface area contributed by atoms with E-state index < -0.39 is 6.04 Å². The third-order valence-corrected chi connectivity index (χ3v) is 10.3. The number of benzene rings is 2. The van der Waals surface area contributed by atoms with E-state index in [9.17, 15) is 28.8 Å². The van der Waals surface area contributed by atoms with E-state index in [2.05, 4.69) is 45.4 Å². The Hall–Kier alpha value is -5.46. The molecule has 2 aliphatic rings. The lowest BCUT2D eigenvalue weighted by Crippen LogP contribution is -2.50. The Kier molecular flexibility index (Phi) is 22.5. The molecular weight excluding hydrogens is 811 g/mol. The first kappa shape index (κ1) is 50.2. The van der Waals surface area contributed by atoms with Crippen LogP contribution >= 0.6 is 0 Å². The summed E-state index contributed by atoms with van der Waals surface area (Å²) in [6, 6.07) is 16.3. The van der Waals surface area contributed by atoms with Crippen LogP contribution in [0.4, 0.5) is 5.69 Å². The fourth-order valence-electron chi connectivity index (χ4n) is 6.33. The number of ether oxygens (including phenoxy) is 4. The summed E-state index contributed by atoms with van der Waals surface area (Å²) < 4.78 is 22.1. The third kappa shape index (κ3) is 20.1. The van der Waals surface area contributed by atoms with Gasteiger partial charge in [0.15, 0.2) is 0 Å². The molecule has 1 saturated carbocycles. The molecule has 2 aromatic rings. The monoisotopic (exact) mass is 875 g/mol. The molecule has 1 aliphatic carbocycles. The highest BCUT2D eigenvalue weighted by atomic mass is 16.6. The summed E-state index contributed by atoms with van der Waals surface area (Å²) in [5.41, 5.74) is 2.67. The van der Waals surface area contributed by atoms with E-state index in [1.807, 2.05) is 30.3 Å². The lowest BCUT2D eigenvalue weighted by molar-refractivity contribution is -0.123. The Bertz CT molecular complexity index is 1790. The number of amides is 6. The molecule has 4 rings (SSSR count). The summed E-state index contributed by atoms with van der Waals surface area (Å²) in [7, 11) is 0. The predicted molar refractivity (Wildman–Crippen MR) is 237 cm³/mol. The summed E-state index contributed by atoms with van der Waals surface area (Å²) in [5.74, 6) is -1.31. The summed E-state index contributed by atoms with van der Waals surface area (Å²) in [6.07, 6.45) is 7.61. The first-order chi connectivity index (χ1) is 30.6. The van der Waals surface area contributed by atoms with E-state index in [4.69, 9.17) is 18.9 Å². The number of hydrogen-bond acceptors (Lipinski definition) is 12. The normalized spacial score (nSPS) is 14.3. The Balaban J connectivity index is 0.939. The molecule has 344 valence electrons. The minimum absolute atomic E-state index is 0.0730. The number of nitrogens with zero attached hydrogens (tertiary/aromatic N) is 1. The van der Waals surface area contributed by atoms with Crippen LogP contribution in [0, 0.1) is 0 Å². The quantitative estimate of drug-likeness (QED) is 0.0437. The van der Waals surface area contributed by atoms with Crippen molar-refractivity contribution in [3.63, 3.8) is 0 Å². The van der Waals surface area contributed by atoms with Crippen molar-refractivity contribution in [1.82, 2.24) is 31.9 Å². The van der Waals surface area contributed by atoms with Crippen LogP contribution in [-0.4, -0.2) is 133 Å². The van der Waals surface area contributed by atoms with Gasteiger partial charge in [0.2, 0.25) is 23.6 Å². The second-order valence-corrected chi connectivity index (χ2v) is 15.4. The van der Waals surface area contributed by atoms with Gasteiger partial charge < -0.3 is 50.8 Å². The Morgan fingerprint density at radius 3 is 1.90 bits per heavy atom. The highest BCUT2D eigenvalue weighted by molar-refractivity contribution is 6.28. The lowest BCUT2D eigenvalue weighted by atomic mass is 10.0. The standard InChI is InChI=1S/C46H65N7O10/c1-3-4-21-47-42(56)32-49-35(2)39(31-37-8-6-5-7-9-37)52-43(57)33-51-46(19-20-46)34-50-41(55)18-23-60-25-27-62-29-30-63-28-26-61-24-22-48-40(54)15-12-36-10-13-38(14-11-36)53-44(58)16-17-45(53)59/h5-11,13-14,16-17,39,49,51H,2-4,12,15,18-34H2,1H3,(H,47,56)(H,48,54)(H,50,55)(H,52,57)/t39-/m0/s1. The molecule has 2 aromatic carbocycles. The van der Waals surface area contributed by atoms with Crippen molar-refractivity contribution in [2.45, 2.75) is 69.9 Å². The zero-order valence-corrected chi connectivity index (χ0v) is 36.5. The molecule has 0 radical (unpaired) electrons. The number of unbranched alkanes of at least 4 members (excludes halogenated alkanes) is 1. The minimum atomic E-state index is -0.425. The van der Waals surface area contributed by atoms with E-state index in [-0.39, 0.29) is 67.1 Å². The van der Waals surface area contributed by atoms with E-state index >= 15 is 0 Å². The van der Waals surface area contributed by atoms with Crippen molar-refractivity contribution >= 4 is 41.1 Å². The van der Waals surface area contributed by atoms with Gasteiger partial charge in [-0.1, -0.05) is 62.4 Å². The highest BCUT2D eigenvalue weighted by Crippen LogP contribution is 2.34.